The molecular formula is C21H17NO4S. The number of ketones is 1. The van der Waals surface area contributed by atoms with Gasteiger partial charge in [0.15, 0.2) is 12.4 Å². The van der Waals surface area contributed by atoms with Crippen LogP contribution in [0.15, 0.2) is 72.1 Å². The average molecular weight is 379 g/mol. The number of carbonyl (C=O) groups excluding carboxylic acids is 3. The van der Waals surface area contributed by atoms with Crippen LogP contribution >= 0.6 is 11.3 Å². The largest absolute Gasteiger partial charge is 0.452 e. The maximum atomic E-state index is 12.3. The Labute approximate surface area is 160 Å². The molecule has 0 aliphatic carbocycles. The molecule has 2 aromatic carbocycles. The zero-order valence-electron chi connectivity index (χ0n) is 14.4. The monoisotopic (exact) mass is 379 g/mol. The van der Waals surface area contributed by atoms with Gasteiger partial charge in [-0.2, -0.15) is 0 Å². The highest BCUT2D eigenvalue weighted by atomic mass is 32.1. The van der Waals surface area contributed by atoms with E-state index in [0.717, 1.165) is 4.88 Å². The molecule has 6 heteroatoms. The molecule has 0 bridgehead atoms. The van der Waals surface area contributed by atoms with E-state index in [1.807, 2.05) is 23.6 Å². The molecule has 0 saturated carbocycles. The molecule has 1 heterocycles. The molecule has 0 aliphatic heterocycles. The van der Waals surface area contributed by atoms with Crippen LogP contribution < -0.4 is 5.32 Å². The van der Waals surface area contributed by atoms with Crippen molar-refractivity contribution in [3.8, 4) is 0 Å². The highest BCUT2D eigenvalue weighted by molar-refractivity contribution is 7.09. The Bertz CT molecular complexity index is 919. The normalized spacial score (nSPS) is 10.2. The molecule has 1 N–H and O–H groups in total. The van der Waals surface area contributed by atoms with Crippen LogP contribution in [-0.4, -0.2) is 24.3 Å². The van der Waals surface area contributed by atoms with E-state index in [0.29, 0.717) is 17.7 Å². The van der Waals surface area contributed by atoms with Crippen molar-refractivity contribution in [2.75, 3.05) is 6.61 Å². The van der Waals surface area contributed by atoms with Gasteiger partial charge >= 0.3 is 5.97 Å². The summed E-state index contributed by atoms with van der Waals surface area (Å²) in [6, 6.07) is 18.9. The van der Waals surface area contributed by atoms with Crippen molar-refractivity contribution in [1.82, 2.24) is 5.32 Å². The zero-order chi connectivity index (χ0) is 19.1. The van der Waals surface area contributed by atoms with Gasteiger partial charge in [0, 0.05) is 16.0 Å². The first-order valence-corrected chi connectivity index (χ1v) is 9.17. The van der Waals surface area contributed by atoms with Crippen LogP contribution in [0.2, 0.25) is 0 Å². The molecule has 0 fully saturated rings. The van der Waals surface area contributed by atoms with Crippen molar-refractivity contribution < 1.29 is 19.1 Å². The van der Waals surface area contributed by atoms with Gasteiger partial charge in [-0.25, -0.2) is 4.79 Å². The van der Waals surface area contributed by atoms with Crippen molar-refractivity contribution >= 4 is 29.0 Å². The predicted molar refractivity (Wildman–Crippen MR) is 103 cm³/mol. The van der Waals surface area contributed by atoms with Crippen molar-refractivity contribution in [1.29, 1.82) is 0 Å². The summed E-state index contributed by atoms with van der Waals surface area (Å²) in [6.45, 7) is 0.0548. The van der Waals surface area contributed by atoms with Gasteiger partial charge in [-0.1, -0.05) is 48.5 Å². The smallest absolute Gasteiger partial charge is 0.338 e. The Balaban J connectivity index is 1.51. The topological polar surface area (TPSA) is 72.5 Å². The van der Waals surface area contributed by atoms with Gasteiger partial charge in [-0.05, 0) is 23.6 Å². The standard InChI is InChI=1S/C21H17NO4S/c23-19(22-13-18-7-4-12-27-18)14-26-21(25)17-10-8-16(9-11-17)20(24)15-5-2-1-3-6-15/h1-12H,13-14H2,(H,22,23). The molecule has 0 unspecified atom stereocenters. The summed E-state index contributed by atoms with van der Waals surface area (Å²) >= 11 is 1.54. The third-order valence-electron chi connectivity index (χ3n) is 3.79. The third kappa shape index (κ3) is 5.12. The highest BCUT2D eigenvalue weighted by Gasteiger charge is 2.13. The van der Waals surface area contributed by atoms with E-state index in [4.69, 9.17) is 4.74 Å². The third-order valence-corrected chi connectivity index (χ3v) is 4.67. The summed E-state index contributed by atoms with van der Waals surface area (Å²) in [5.74, 6) is -1.10. The van der Waals surface area contributed by atoms with Gasteiger partial charge in [0.25, 0.3) is 5.91 Å². The maximum absolute atomic E-state index is 12.3. The van der Waals surface area contributed by atoms with E-state index in [-0.39, 0.29) is 23.9 Å². The van der Waals surface area contributed by atoms with Crippen molar-refractivity contribution in [2.45, 2.75) is 6.54 Å². The molecule has 0 spiro atoms. The summed E-state index contributed by atoms with van der Waals surface area (Å²) in [6.07, 6.45) is 0. The second-order valence-electron chi connectivity index (χ2n) is 5.70. The summed E-state index contributed by atoms with van der Waals surface area (Å²) in [7, 11) is 0. The first kappa shape index (κ1) is 18.5. The number of thiophene rings is 1. The second-order valence-corrected chi connectivity index (χ2v) is 6.74. The fourth-order valence-corrected chi connectivity index (χ4v) is 3.02. The molecule has 3 rings (SSSR count). The maximum Gasteiger partial charge on any atom is 0.338 e. The summed E-state index contributed by atoms with van der Waals surface area (Å²) < 4.78 is 5.01. The fraction of sp³-hybridized carbons (Fsp3) is 0.0952. The highest BCUT2D eigenvalue weighted by Crippen LogP contribution is 2.12. The van der Waals surface area contributed by atoms with Gasteiger partial charge < -0.3 is 10.1 Å². The van der Waals surface area contributed by atoms with Gasteiger partial charge in [-0.15, -0.1) is 11.3 Å². The van der Waals surface area contributed by atoms with Crippen LogP contribution in [0.1, 0.15) is 31.2 Å². The van der Waals surface area contributed by atoms with Crippen LogP contribution in [0, 0.1) is 0 Å². The Hall–Kier alpha value is -3.25. The van der Waals surface area contributed by atoms with E-state index in [1.54, 1.807) is 36.4 Å². The molecule has 136 valence electrons. The minimum absolute atomic E-state index is 0.122. The van der Waals surface area contributed by atoms with E-state index in [1.165, 1.54) is 23.5 Å². The molecule has 0 atom stereocenters. The second kappa shape index (κ2) is 8.91. The lowest BCUT2D eigenvalue weighted by Gasteiger charge is -2.06. The van der Waals surface area contributed by atoms with E-state index >= 15 is 0 Å². The van der Waals surface area contributed by atoms with Crippen LogP contribution in [0.4, 0.5) is 0 Å². The lowest BCUT2D eigenvalue weighted by molar-refractivity contribution is -0.124. The van der Waals surface area contributed by atoms with Gasteiger partial charge in [-0.3, -0.25) is 9.59 Å². The molecular weight excluding hydrogens is 362 g/mol. The molecule has 0 saturated heterocycles. The quantitative estimate of drug-likeness (QED) is 0.504. The first-order chi connectivity index (χ1) is 13.1. The summed E-state index contributed by atoms with van der Waals surface area (Å²) in [4.78, 5) is 37.2. The number of rotatable bonds is 7. The molecule has 27 heavy (non-hydrogen) atoms. The van der Waals surface area contributed by atoms with Crippen molar-refractivity contribution in [2.24, 2.45) is 0 Å². The Morgan fingerprint density at radius 2 is 1.48 bits per heavy atom. The summed E-state index contributed by atoms with van der Waals surface area (Å²) in [5, 5.41) is 4.61. The average Bonchev–Trinajstić information content (AvgIpc) is 3.24. The van der Waals surface area contributed by atoms with Crippen LogP contribution in [0.5, 0.6) is 0 Å². The van der Waals surface area contributed by atoms with Gasteiger partial charge in [0.05, 0.1) is 12.1 Å². The number of hydrogen-bond donors (Lipinski definition) is 1. The number of amides is 1. The molecule has 0 radical (unpaired) electrons. The predicted octanol–water partition coefficient (Wildman–Crippen LogP) is 3.45. The van der Waals surface area contributed by atoms with Crippen LogP contribution in [0.25, 0.3) is 0 Å². The van der Waals surface area contributed by atoms with E-state index < -0.39 is 5.97 Å². The van der Waals surface area contributed by atoms with Crippen LogP contribution in [-0.2, 0) is 16.1 Å². The molecule has 0 aliphatic rings. The molecule has 5 nitrogen and oxygen atoms in total. The van der Waals surface area contributed by atoms with Gasteiger partial charge in [0.2, 0.25) is 0 Å². The van der Waals surface area contributed by atoms with Crippen molar-refractivity contribution in [3.63, 3.8) is 0 Å². The number of esters is 1. The molecule has 1 amide bonds. The number of hydrogen-bond acceptors (Lipinski definition) is 5. The Morgan fingerprint density at radius 1 is 0.815 bits per heavy atom. The van der Waals surface area contributed by atoms with Crippen LogP contribution in [0.3, 0.4) is 0 Å². The SMILES string of the molecule is O=C(COC(=O)c1ccc(C(=O)c2ccccc2)cc1)NCc1cccs1. The fourth-order valence-electron chi connectivity index (χ4n) is 2.38. The zero-order valence-corrected chi connectivity index (χ0v) is 15.2. The summed E-state index contributed by atoms with van der Waals surface area (Å²) in [5.41, 5.74) is 1.34. The number of nitrogens with one attached hydrogen (secondary N) is 1. The lowest BCUT2D eigenvalue weighted by Crippen LogP contribution is -2.28. The molecule has 3 aromatic rings. The Morgan fingerprint density at radius 3 is 2.15 bits per heavy atom. The number of ether oxygens (including phenoxy) is 1. The number of carbonyl (C=O) groups is 3. The Kier molecular flexibility index (Phi) is 6.12. The molecule has 1 aromatic heterocycles. The van der Waals surface area contributed by atoms with E-state index in [9.17, 15) is 14.4 Å². The minimum atomic E-state index is -0.611. The first-order valence-electron chi connectivity index (χ1n) is 8.29. The van der Waals surface area contributed by atoms with Gasteiger partial charge in [0.1, 0.15) is 0 Å². The van der Waals surface area contributed by atoms with Crippen molar-refractivity contribution in [3.05, 3.63) is 93.7 Å². The number of benzene rings is 2. The minimum Gasteiger partial charge on any atom is -0.452 e. The lowest BCUT2D eigenvalue weighted by atomic mass is 10.0. The van der Waals surface area contributed by atoms with E-state index in [2.05, 4.69) is 5.32 Å².